The van der Waals surface area contributed by atoms with Gasteiger partial charge < -0.3 is 10.1 Å². The number of hydrogen-bond acceptors (Lipinski definition) is 6. The van der Waals surface area contributed by atoms with E-state index in [1.807, 2.05) is 0 Å². The Kier molecular flexibility index (Phi) is 7.29. The minimum atomic E-state index is -3.53. The summed E-state index contributed by atoms with van der Waals surface area (Å²) in [5.41, 5.74) is 0.772. The maximum absolute atomic E-state index is 13.0. The van der Waals surface area contributed by atoms with Crippen molar-refractivity contribution >= 4 is 21.7 Å². The topological polar surface area (TPSA) is 110 Å². The van der Waals surface area contributed by atoms with Crippen molar-refractivity contribution in [2.24, 2.45) is 5.92 Å². The first-order valence-corrected chi connectivity index (χ1v) is 11.2. The molecule has 1 atom stereocenters. The van der Waals surface area contributed by atoms with Gasteiger partial charge in [0.1, 0.15) is 0 Å². The van der Waals surface area contributed by atoms with Crippen LogP contribution in [0.3, 0.4) is 0 Å². The molecule has 2 heterocycles. The van der Waals surface area contributed by atoms with Gasteiger partial charge in [0, 0.05) is 32.2 Å². The number of aromatic nitrogens is 2. The number of nitrogens with zero attached hydrogens (tertiary/aromatic N) is 2. The van der Waals surface area contributed by atoms with E-state index in [9.17, 15) is 13.2 Å². The van der Waals surface area contributed by atoms with Crippen LogP contribution in [-0.4, -0.2) is 44.1 Å². The molecule has 0 bridgehead atoms. The van der Waals surface area contributed by atoms with E-state index < -0.39 is 15.9 Å². The van der Waals surface area contributed by atoms with Crippen LogP contribution in [0.2, 0.25) is 0 Å². The minimum absolute atomic E-state index is 0.181. The summed E-state index contributed by atoms with van der Waals surface area (Å²) in [5, 5.41) is 2.82. The lowest BCUT2D eigenvalue weighted by Gasteiger charge is -2.26. The van der Waals surface area contributed by atoms with Gasteiger partial charge in [-0.05, 0) is 42.9 Å². The molecule has 1 saturated heterocycles. The summed E-state index contributed by atoms with van der Waals surface area (Å²) in [6.45, 7) is 3.44. The van der Waals surface area contributed by atoms with Gasteiger partial charge in [0.05, 0.1) is 17.0 Å². The summed E-state index contributed by atoms with van der Waals surface area (Å²) in [5.74, 6) is 0.155. The second-order valence-corrected chi connectivity index (χ2v) is 8.76. The first kappa shape index (κ1) is 21.4. The first-order valence-electron chi connectivity index (χ1n) is 9.74. The average molecular weight is 419 g/mol. The number of sulfonamides is 1. The summed E-state index contributed by atoms with van der Waals surface area (Å²) < 4.78 is 32.3. The zero-order valence-corrected chi connectivity index (χ0v) is 17.2. The molecule has 8 nitrogen and oxygen atoms in total. The highest BCUT2D eigenvalue weighted by Gasteiger charge is 2.27. The van der Waals surface area contributed by atoms with E-state index in [2.05, 4.69) is 20.0 Å². The van der Waals surface area contributed by atoms with E-state index in [4.69, 9.17) is 4.74 Å². The third-order valence-corrected chi connectivity index (χ3v) is 6.53. The molecule has 1 amide bonds. The monoisotopic (exact) mass is 418 g/mol. The van der Waals surface area contributed by atoms with Crippen LogP contribution in [0.4, 0.5) is 5.82 Å². The van der Waals surface area contributed by atoms with Crippen molar-refractivity contribution in [3.05, 3.63) is 48.4 Å². The van der Waals surface area contributed by atoms with Gasteiger partial charge in [-0.3, -0.25) is 9.78 Å². The van der Waals surface area contributed by atoms with Crippen LogP contribution >= 0.6 is 0 Å². The van der Waals surface area contributed by atoms with Gasteiger partial charge in [0.2, 0.25) is 15.9 Å². The molecule has 0 saturated carbocycles. The van der Waals surface area contributed by atoms with E-state index in [1.165, 1.54) is 12.4 Å². The van der Waals surface area contributed by atoms with Crippen molar-refractivity contribution in [3.8, 4) is 0 Å². The van der Waals surface area contributed by atoms with E-state index >= 15 is 0 Å². The molecule has 0 unspecified atom stereocenters. The fraction of sp³-hybridized carbons (Fsp3) is 0.450. The van der Waals surface area contributed by atoms with Crippen molar-refractivity contribution in [2.75, 3.05) is 25.1 Å². The summed E-state index contributed by atoms with van der Waals surface area (Å²) in [4.78, 5) is 21.3. The number of rotatable bonds is 8. The van der Waals surface area contributed by atoms with Crippen molar-refractivity contribution in [3.63, 3.8) is 0 Å². The van der Waals surface area contributed by atoms with Gasteiger partial charge in [0.15, 0.2) is 5.82 Å². The Morgan fingerprint density at radius 3 is 2.55 bits per heavy atom. The summed E-state index contributed by atoms with van der Waals surface area (Å²) in [6, 6.07) is 6.51. The third kappa shape index (κ3) is 5.81. The second kappa shape index (κ2) is 9.91. The number of carbonyl (C=O) groups excluding carboxylic acids is 1. The Morgan fingerprint density at radius 2 is 1.93 bits per heavy atom. The molecule has 29 heavy (non-hydrogen) atoms. The summed E-state index contributed by atoms with van der Waals surface area (Å²) in [7, 11) is -3.53. The van der Waals surface area contributed by atoms with Gasteiger partial charge >= 0.3 is 0 Å². The number of ether oxygens (including phenoxy) is 1. The summed E-state index contributed by atoms with van der Waals surface area (Å²) >= 11 is 0. The van der Waals surface area contributed by atoms with Crippen molar-refractivity contribution in [1.82, 2.24) is 14.7 Å². The quantitative estimate of drug-likeness (QED) is 0.681. The zero-order valence-electron chi connectivity index (χ0n) is 16.4. The van der Waals surface area contributed by atoms with Crippen molar-refractivity contribution in [2.45, 2.75) is 37.0 Å². The molecule has 0 spiro atoms. The molecule has 3 rings (SSSR count). The standard InChI is InChI=1S/C20H26N4O4S/c1-2-23-29(26,27)17-5-3-16(4-6-17)18(13-15-7-11-28-12-8-15)20(25)24-19-14-21-9-10-22-19/h3-6,9-10,14-15,18,23H,2,7-8,11-13H2,1H3,(H,22,24,25)/t18-/m1/s1. The molecular weight excluding hydrogens is 392 g/mol. The molecular formula is C20H26N4O4S. The van der Waals surface area contributed by atoms with Crippen molar-refractivity contribution < 1.29 is 17.9 Å². The van der Waals surface area contributed by atoms with Crippen LogP contribution in [0.1, 0.15) is 37.7 Å². The lowest BCUT2D eigenvalue weighted by atomic mass is 9.84. The molecule has 1 aromatic carbocycles. The number of benzene rings is 1. The maximum Gasteiger partial charge on any atom is 0.240 e. The molecule has 1 aromatic heterocycles. The van der Waals surface area contributed by atoms with Gasteiger partial charge in [-0.15, -0.1) is 0 Å². The second-order valence-electron chi connectivity index (χ2n) is 6.99. The van der Waals surface area contributed by atoms with Gasteiger partial charge in [-0.1, -0.05) is 19.1 Å². The van der Waals surface area contributed by atoms with Crippen LogP contribution in [0, 0.1) is 5.92 Å². The average Bonchev–Trinajstić information content (AvgIpc) is 2.73. The highest BCUT2D eigenvalue weighted by Crippen LogP contribution is 2.31. The highest BCUT2D eigenvalue weighted by molar-refractivity contribution is 7.89. The highest BCUT2D eigenvalue weighted by atomic mass is 32.2. The SMILES string of the molecule is CCNS(=O)(=O)c1ccc([C@@H](CC2CCOCC2)C(=O)Nc2cnccn2)cc1. The Bertz CT molecular complexity index is 898. The van der Waals surface area contributed by atoms with Crippen molar-refractivity contribution in [1.29, 1.82) is 0 Å². The first-order chi connectivity index (χ1) is 14.0. The van der Waals surface area contributed by atoms with Gasteiger partial charge in [0.25, 0.3) is 0 Å². The number of nitrogens with one attached hydrogen (secondary N) is 2. The molecule has 0 radical (unpaired) electrons. The fourth-order valence-electron chi connectivity index (χ4n) is 3.44. The van der Waals surface area contributed by atoms with Crippen LogP contribution < -0.4 is 10.0 Å². The molecule has 1 fully saturated rings. The van der Waals surface area contributed by atoms with E-state index in [0.29, 0.717) is 37.9 Å². The Labute approximate surface area is 171 Å². The van der Waals surface area contributed by atoms with Gasteiger partial charge in [-0.25, -0.2) is 18.1 Å². The Balaban J connectivity index is 1.82. The molecule has 1 aliphatic heterocycles. The van der Waals surface area contributed by atoms with Crippen LogP contribution in [0.15, 0.2) is 47.8 Å². The van der Waals surface area contributed by atoms with E-state index in [1.54, 1.807) is 37.4 Å². The van der Waals surface area contributed by atoms with Crippen LogP contribution in [-0.2, 0) is 19.6 Å². The third-order valence-electron chi connectivity index (χ3n) is 4.97. The van der Waals surface area contributed by atoms with E-state index in [0.717, 1.165) is 18.4 Å². The predicted molar refractivity (Wildman–Crippen MR) is 109 cm³/mol. The van der Waals surface area contributed by atoms with Crippen LogP contribution in [0.25, 0.3) is 0 Å². The lowest BCUT2D eigenvalue weighted by Crippen LogP contribution is -2.26. The Morgan fingerprint density at radius 1 is 1.21 bits per heavy atom. The number of amides is 1. The maximum atomic E-state index is 13.0. The largest absolute Gasteiger partial charge is 0.381 e. The molecule has 9 heteroatoms. The van der Waals surface area contributed by atoms with Crippen LogP contribution in [0.5, 0.6) is 0 Å². The zero-order chi connectivity index (χ0) is 20.7. The fourth-order valence-corrected chi connectivity index (χ4v) is 4.48. The summed E-state index contributed by atoms with van der Waals surface area (Å²) in [6.07, 6.45) is 7.02. The molecule has 1 aliphatic rings. The molecule has 156 valence electrons. The molecule has 2 aromatic rings. The minimum Gasteiger partial charge on any atom is -0.381 e. The lowest BCUT2D eigenvalue weighted by molar-refractivity contribution is -0.118. The number of anilines is 1. The van der Waals surface area contributed by atoms with Gasteiger partial charge in [-0.2, -0.15) is 0 Å². The Hall–Kier alpha value is -2.36. The number of carbonyl (C=O) groups is 1. The predicted octanol–water partition coefficient (Wildman–Crippen LogP) is 2.31. The normalized spacial score (nSPS) is 16.3. The molecule has 0 aliphatic carbocycles. The molecule has 2 N–H and O–H groups in total. The smallest absolute Gasteiger partial charge is 0.240 e. The van der Waals surface area contributed by atoms with E-state index in [-0.39, 0.29) is 10.8 Å². The number of hydrogen-bond donors (Lipinski definition) is 2.